The van der Waals surface area contributed by atoms with E-state index >= 15 is 0 Å². The zero-order chi connectivity index (χ0) is 30.2. The van der Waals surface area contributed by atoms with Gasteiger partial charge in [0.15, 0.2) is 17.5 Å². The normalized spacial score (nSPS) is 11.1. The van der Waals surface area contributed by atoms with Gasteiger partial charge in [-0.3, -0.25) is 4.98 Å². The molecular formula is C39H24N6. The Balaban J connectivity index is 1.46. The summed E-state index contributed by atoms with van der Waals surface area (Å²) >= 11 is 0. The molecule has 45 heavy (non-hydrogen) atoms. The number of rotatable bonds is 5. The van der Waals surface area contributed by atoms with Gasteiger partial charge in [-0.1, -0.05) is 84.9 Å². The van der Waals surface area contributed by atoms with Crippen molar-refractivity contribution in [2.45, 2.75) is 0 Å². The number of para-hydroxylation sites is 1. The minimum atomic E-state index is 0.568. The first-order valence-corrected chi connectivity index (χ1v) is 14.6. The Labute approximate surface area is 259 Å². The van der Waals surface area contributed by atoms with E-state index in [4.69, 9.17) is 15.0 Å². The maximum Gasteiger partial charge on any atom is 0.166 e. The minimum absolute atomic E-state index is 0.568. The van der Waals surface area contributed by atoms with Crippen LogP contribution in [0.4, 0.5) is 0 Å². The third-order valence-electron chi connectivity index (χ3n) is 7.99. The van der Waals surface area contributed by atoms with E-state index in [9.17, 15) is 5.26 Å². The number of benzene rings is 5. The van der Waals surface area contributed by atoms with Gasteiger partial charge < -0.3 is 4.57 Å². The predicted octanol–water partition coefficient (Wildman–Crippen LogP) is 8.90. The van der Waals surface area contributed by atoms with Gasteiger partial charge in [-0.25, -0.2) is 15.0 Å². The second-order valence-corrected chi connectivity index (χ2v) is 10.7. The van der Waals surface area contributed by atoms with E-state index in [0.29, 0.717) is 23.0 Å². The van der Waals surface area contributed by atoms with Crippen molar-refractivity contribution >= 4 is 21.8 Å². The molecule has 5 aromatic carbocycles. The molecule has 0 saturated carbocycles. The lowest BCUT2D eigenvalue weighted by Crippen LogP contribution is -2.04. The zero-order valence-corrected chi connectivity index (χ0v) is 24.0. The molecule has 0 aliphatic carbocycles. The van der Waals surface area contributed by atoms with E-state index in [1.165, 1.54) is 0 Å². The van der Waals surface area contributed by atoms with Crippen LogP contribution in [0.25, 0.3) is 72.8 Å². The molecule has 0 aliphatic heterocycles. The maximum absolute atomic E-state index is 9.70. The van der Waals surface area contributed by atoms with Gasteiger partial charge in [0, 0.05) is 39.9 Å². The van der Waals surface area contributed by atoms with Gasteiger partial charge in [0.25, 0.3) is 0 Å². The zero-order valence-electron chi connectivity index (χ0n) is 24.0. The Morgan fingerprint density at radius 3 is 1.80 bits per heavy atom. The lowest BCUT2D eigenvalue weighted by molar-refractivity contribution is 1.06. The van der Waals surface area contributed by atoms with Gasteiger partial charge in [-0.05, 0) is 59.7 Å². The standard InChI is InChI=1S/C39H24N6/c40-25-26-15-18-35-33(23-26)31-13-7-8-14-34(31)45(35)36-24-30(27-19-21-41-22-20-27)16-17-32(36)39-43-37(28-9-3-1-4-10-28)42-38(44-39)29-11-5-2-6-12-29/h1-24H. The molecule has 0 radical (unpaired) electrons. The van der Waals surface area contributed by atoms with E-state index in [0.717, 1.165) is 55.3 Å². The lowest BCUT2D eigenvalue weighted by atomic mass is 10.0. The first-order valence-electron chi connectivity index (χ1n) is 14.6. The Morgan fingerprint density at radius 2 is 1.11 bits per heavy atom. The summed E-state index contributed by atoms with van der Waals surface area (Å²) in [6.07, 6.45) is 3.61. The van der Waals surface area contributed by atoms with Crippen molar-refractivity contribution in [3.63, 3.8) is 0 Å². The van der Waals surface area contributed by atoms with Gasteiger partial charge in [0.2, 0.25) is 0 Å². The highest BCUT2D eigenvalue weighted by Crippen LogP contribution is 2.38. The number of aromatic nitrogens is 5. The van der Waals surface area contributed by atoms with Crippen LogP contribution in [-0.4, -0.2) is 24.5 Å². The molecule has 3 heterocycles. The van der Waals surface area contributed by atoms with Crippen LogP contribution < -0.4 is 0 Å². The van der Waals surface area contributed by atoms with Crippen molar-refractivity contribution in [3.8, 4) is 57.0 Å². The van der Waals surface area contributed by atoms with Crippen LogP contribution in [0.5, 0.6) is 0 Å². The quantitative estimate of drug-likeness (QED) is 0.204. The monoisotopic (exact) mass is 576 g/mol. The van der Waals surface area contributed by atoms with Crippen LogP contribution in [0.15, 0.2) is 146 Å². The molecule has 0 amide bonds. The molecule has 0 fully saturated rings. The molecule has 0 saturated heterocycles. The molecule has 0 bridgehead atoms. The SMILES string of the molecule is N#Cc1ccc2c(c1)c1ccccc1n2-c1cc(-c2ccncc2)ccc1-c1nc(-c2ccccc2)nc(-c2ccccc2)n1. The molecule has 8 rings (SSSR count). The molecule has 6 heteroatoms. The third kappa shape index (κ3) is 4.69. The molecule has 0 unspecified atom stereocenters. The van der Waals surface area contributed by atoms with Crippen LogP contribution in [0.3, 0.4) is 0 Å². The summed E-state index contributed by atoms with van der Waals surface area (Å²) in [5.41, 5.74) is 8.32. The average molecular weight is 577 g/mol. The smallest absolute Gasteiger partial charge is 0.166 e. The number of nitriles is 1. The van der Waals surface area contributed by atoms with Crippen molar-refractivity contribution in [2.24, 2.45) is 0 Å². The highest BCUT2D eigenvalue weighted by atomic mass is 15.1. The summed E-state index contributed by atoms with van der Waals surface area (Å²) in [6.45, 7) is 0. The maximum atomic E-state index is 9.70. The molecule has 210 valence electrons. The topological polar surface area (TPSA) is 80.3 Å². The molecule has 0 N–H and O–H groups in total. The van der Waals surface area contributed by atoms with E-state index < -0.39 is 0 Å². The summed E-state index contributed by atoms with van der Waals surface area (Å²) in [6, 6.07) is 46.8. The molecule has 6 nitrogen and oxygen atoms in total. The van der Waals surface area contributed by atoms with Crippen molar-refractivity contribution in [1.82, 2.24) is 24.5 Å². The number of pyridine rings is 1. The summed E-state index contributed by atoms with van der Waals surface area (Å²) in [5.74, 6) is 1.77. The van der Waals surface area contributed by atoms with Gasteiger partial charge in [0.1, 0.15) is 0 Å². The number of hydrogen-bond donors (Lipinski definition) is 0. The van der Waals surface area contributed by atoms with E-state index in [2.05, 4.69) is 46.0 Å². The second-order valence-electron chi connectivity index (χ2n) is 10.7. The van der Waals surface area contributed by atoms with E-state index in [-0.39, 0.29) is 0 Å². The molecule has 0 atom stereocenters. The summed E-state index contributed by atoms with van der Waals surface area (Å²) in [5, 5.41) is 11.8. The highest BCUT2D eigenvalue weighted by Gasteiger charge is 2.20. The first-order chi connectivity index (χ1) is 22.3. The van der Waals surface area contributed by atoms with Crippen LogP contribution in [-0.2, 0) is 0 Å². The van der Waals surface area contributed by atoms with Crippen molar-refractivity contribution < 1.29 is 0 Å². The van der Waals surface area contributed by atoms with Gasteiger partial charge in [-0.2, -0.15) is 5.26 Å². The van der Waals surface area contributed by atoms with E-state index in [1.54, 1.807) is 12.4 Å². The Morgan fingerprint density at radius 1 is 0.489 bits per heavy atom. The number of hydrogen-bond acceptors (Lipinski definition) is 5. The molecule has 3 aromatic heterocycles. The Kier molecular flexibility index (Phi) is 6.40. The summed E-state index contributed by atoms with van der Waals surface area (Å²) in [4.78, 5) is 19.3. The molecule has 8 aromatic rings. The van der Waals surface area contributed by atoms with Crippen LogP contribution in [0, 0.1) is 11.3 Å². The highest BCUT2D eigenvalue weighted by molar-refractivity contribution is 6.10. The lowest BCUT2D eigenvalue weighted by Gasteiger charge is -2.16. The Hall–Kier alpha value is -6.45. The van der Waals surface area contributed by atoms with Gasteiger partial charge in [-0.15, -0.1) is 0 Å². The summed E-state index contributed by atoms with van der Waals surface area (Å²) < 4.78 is 2.25. The largest absolute Gasteiger partial charge is 0.308 e. The van der Waals surface area contributed by atoms with Gasteiger partial charge >= 0.3 is 0 Å². The minimum Gasteiger partial charge on any atom is -0.308 e. The summed E-state index contributed by atoms with van der Waals surface area (Å²) in [7, 11) is 0. The third-order valence-corrected chi connectivity index (χ3v) is 7.99. The molecule has 0 spiro atoms. The van der Waals surface area contributed by atoms with Crippen LogP contribution in [0.1, 0.15) is 5.56 Å². The van der Waals surface area contributed by atoms with Crippen LogP contribution >= 0.6 is 0 Å². The fourth-order valence-electron chi connectivity index (χ4n) is 5.86. The van der Waals surface area contributed by atoms with Crippen molar-refractivity contribution in [3.05, 3.63) is 151 Å². The predicted molar refractivity (Wildman–Crippen MR) is 178 cm³/mol. The molecular weight excluding hydrogens is 552 g/mol. The Bertz CT molecular complexity index is 2320. The van der Waals surface area contributed by atoms with Crippen molar-refractivity contribution in [2.75, 3.05) is 0 Å². The first kappa shape index (κ1) is 26.2. The average Bonchev–Trinajstić information content (AvgIpc) is 3.46. The fraction of sp³-hybridized carbons (Fsp3) is 0. The van der Waals surface area contributed by atoms with Crippen molar-refractivity contribution in [1.29, 1.82) is 5.26 Å². The van der Waals surface area contributed by atoms with Gasteiger partial charge in [0.05, 0.1) is 28.4 Å². The number of nitrogens with zero attached hydrogens (tertiary/aromatic N) is 6. The van der Waals surface area contributed by atoms with E-state index in [1.807, 2.05) is 103 Å². The molecule has 0 aliphatic rings. The fourth-order valence-corrected chi connectivity index (χ4v) is 5.86. The second kappa shape index (κ2) is 11.0. The number of fused-ring (bicyclic) bond motifs is 3. The van der Waals surface area contributed by atoms with Crippen LogP contribution in [0.2, 0.25) is 0 Å².